The van der Waals surface area contributed by atoms with E-state index in [0.717, 1.165) is 32.8 Å². The molecule has 1 aliphatic rings. The molecule has 1 aliphatic heterocycles. The Kier molecular flexibility index (Phi) is 8.30. The smallest absolute Gasteiger partial charge is 0.304 e. The minimum Gasteiger partial charge on any atom is -0.481 e. The van der Waals surface area contributed by atoms with Gasteiger partial charge in [0.25, 0.3) is 0 Å². The van der Waals surface area contributed by atoms with E-state index < -0.39 is 5.97 Å². The molecule has 0 aromatic heterocycles. The van der Waals surface area contributed by atoms with Gasteiger partial charge in [-0.05, 0) is 5.56 Å². The molecule has 21 heavy (non-hydrogen) atoms. The Balaban J connectivity index is 0.00000220. The van der Waals surface area contributed by atoms with E-state index in [9.17, 15) is 4.79 Å². The van der Waals surface area contributed by atoms with Gasteiger partial charge in [0.15, 0.2) is 0 Å². The lowest BCUT2D eigenvalue weighted by atomic mass is 10.1. The van der Waals surface area contributed by atoms with E-state index in [-0.39, 0.29) is 24.9 Å². The summed E-state index contributed by atoms with van der Waals surface area (Å²) in [5.74, 6) is -0.760. The van der Waals surface area contributed by atoms with Gasteiger partial charge in [-0.2, -0.15) is 0 Å². The van der Waals surface area contributed by atoms with E-state index in [1.54, 1.807) is 0 Å². The lowest BCUT2D eigenvalue weighted by Crippen LogP contribution is -2.46. The lowest BCUT2D eigenvalue weighted by molar-refractivity contribution is -0.137. The molecule has 0 saturated carbocycles. The normalized spacial score (nSPS) is 17.0. The average molecular weight is 315 g/mol. The van der Waals surface area contributed by atoms with Crippen LogP contribution in [-0.2, 0) is 16.1 Å². The summed E-state index contributed by atoms with van der Waals surface area (Å²) in [5.41, 5.74) is 1.17. The second-order valence-corrected chi connectivity index (χ2v) is 5.07. The summed E-state index contributed by atoms with van der Waals surface area (Å²) in [6.07, 6.45) is 0.143. The summed E-state index contributed by atoms with van der Waals surface area (Å²) in [6.45, 7) is 4.68. The maximum Gasteiger partial charge on any atom is 0.304 e. The molecule has 2 N–H and O–H groups in total. The number of morpholine rings is 1. The van der Waals surface area contributed by atoms with Crippen molar-refractivity contribution in [2.24, 2.45) is 0 Å². The number of nitrogens with one attached hydrogen (secondary N) is 1. The third-order valence-electron chi connectivity index (χ3n) is 3.44. The van der Waals surface area contributed by atoms with Crippen LogP contribution >= 0.6 is 12.4 Å². The predicted molar refractivity (Wildman–Crippen MR) is 83.8 cm³/mol. The molecule has 1 aromatic rings. The molecule has 5 nitrogen and oxygen atoms in total. The van der Waals surface area contributed by atoms with E-state index in [0.29, 0.717) is 6.54 Å². The number of rotatable bonds is 7. The van der Waals surface area contributed by atoms with E-state index in [1.807, 2.05) is 30.3 Å². The van der Waals surface area contributed by atoms with Crippen LogP contribution in [0, 0.1) is 0 Å². The van der Waals surface area contributed by atoms with Crippen molar-refractivity contribution in [1.29, 1.82) is 0 Å². The van der Waals surface area contributed by atoms with Crippen molar-refractivity contribution in [2.75, 3.05) is 32.8 Å². The fourth-order valence-electron chi connectivity index (χ4n) is 2.37. The molecular formula is C15H23ClN2O3. The van der Waals surface area contributed by atoms with E-state index in [2.05, 4.69) is 10.2 Å². The molecule has 1 aromatic carbocycles. The van der Waals surface area contributed by atoms with Crippen LogP contribution in [0.15, 0.2) is 30.3 Å². The molecule has 0 radical (unpaired) electrons. The number of carboxylic acids is 1. The largest absolute Gasteiger partial charge is 0.481 e. The first-order valence-electron chi connectivity index (χ1n) is 7.03. The van der Waals surface area contributed by atoms with Gasteiger partial charge >= 0.3 is 5.97 Å². The van der Waals surface area contributed by atoms with Gasteiger partial charge in [-0.15, -0.1) is 12.4 Å². The molecule has 6 heteroatoms. The lowest BCUT2D eigenvalue weighted by Gasteiger charge is -2.30. The molecule has 118 valence electrons. The molecule has 0 aliphatic carbocycles. The third kappa shape index (κ3) is 6.91. The molecule has 1 heterocycles. The van der Waals surface area contributed by atoms with Gasteiger partial charge in [0, 0.05) is 32.2 Å². The van der Waals surface area contributed by atoms with Crippen LogP contribution in [0.1, 0.15) is 12.0 Å². The van der Waals surface area contributed by atoms with Crippen molar-refractivity contribution < 1.29 is 14.6 Å². The quantitative estimate of drug-likeness (QED) is 0.796. The molecule has 0 spiro atoms. The summed E-state index contributed by atoms with van der Waals surface area (Å²) < 4.78 is 5.31. The zero-order valence-corrected chi connectivity index (χ0v) is 12.8. The summed E-state index contributed by atoms with van der Waals surface area (Å²) in [5, 5.41) is 12.4. The van der Waals surface area contributed by atoms with E-state index >= 15 is 0 Å². The van der Waals surface area contributed by atoms with Crippen molar-refractivity contribution in [1.82, 2.24) is 10.2 Å². The molecule has 1 unspecified atom stereocenters. The van der Waals surface area contributed by atoms with E-state index in [1.165, 1.54) is 5.56 Å². The Morgan fingerprint density at radius 2 is 1.95 bits per heavy atom. The molecular weight excluding hydrogens is 292 g/mol. The Hall–Kier alpha value is -1.14. The number of carboxylic acid groups (broad SMARTS) is 1. The van der Waals surface area contributed by atoms with Gasteiger partial charge in [-0.1, -0.05) is 30.3 Å². The van der Waals surface area contributed by atoms with Crippen LogP contribution in [0.5, 0.6) is 0 Å². The molecule has 0 bridgehead atoms. The Labute approximate surface area is 131 Å². The Morgan fingerprint density at radius 1 is 1.29 bits per heavy atom. The SMILES string of the molecule is Cl.O=C(O)CC(CN1CCOCC1)NCc1ccccc1. The molecule has 1 atom stereocenters. The average Bonchev–Trinajstić information content (AvgIpc) is 2.46. The highest BCUT2D eigenvalue weighted by atomic mass is 35.5. The van der Waals surface area contributed by atoms with Crippen LogP contribution in [0.25, 0.3) is 0 Å². The van der Waals surface area contributed by atoms with Crippen molar-refractivity contribution >= 4 is 18.4 Å². The highest BCUT2D eigenvalue weighted by molar-refractivity contribution is 5.85. The third-order valence-corrected chi connectivity index (χ3v) is 3.44. The van der Waals surface area contributed by atoms with Crippen LogP contribution in [0.4, 0.5) is 0 Å². The minimum absolute atomic E-state index is 0. The number of nitrogens with zero attached hydrogens (tertiary/aromatic N) is 1. The number of ether oxygens (including phenoxy) is 1. The maximum absolute atomic E-state index is 11.0. The molecule has 0 amide bonds. The summed E-state index contributed by atoms with van der Waals surface area (Å²) in [4.78, 5) is 13.2. The zero-order chi connectivity index (χ0) is 14.2. The molecule has 1 fully saturated rings. The summed E-state index contributed by atoms with van der Waals surface area (Å²) in [7, 11) is 0. The number of aliphatic carboxylic acids is 1. The number of hydrogen-bond donors (Lipinski definition) is 2. The van der Waals surface area contributed by atoms with Gasteiger partial charge in [0.1, 0.15) is 0 Å². The zero-order valence-electron chi connectivity index (χ0n) is 12.0. The second-order valence-electron chi connectivity index (χ2n) is 5.07. The number of hydrogen-bond acceptors (Lipinski definition) is 4. The first-order valence-corrected chi connectivity index (χ1v) is 7.03. The van der Waals surface area contributed by atoms with Crippen LogP contribution in [0.2, 0.25) is 0 Å². The Morgan fingerprint density at radius 3 is 2.57 bits per heavy atom. The van der Waals surface area contributed by atoms with Crippen LogP contribution in [0.3, 0.4) is 0 Å². The van der Waals surface area contributed by atoms with Crippen LogP contribution < -0.4 is 5.32 Å². The highest BCUT2D eigenvalue weighted by Crippen LogP contribution is 2.04. The maximum atomic E-state index is 11.0. The first kappa shape index (κ1) is 17.9. The van der Waals surface area contributed by atoms with Gasteiger partial charge in [0.2, 0.25) is 0 Å². The predicted octanol–water partition coefficient (Wildman–Crippen LogP) is 1.37. The van der Waals surface area contributed by atoms with Gasteiger partial charge < -0.3 is 15.2 Å². The Bertz CT molecular complexity index is 411. The fraction of sp³-hybridized carbons (Fsp3) is 0.533. The summed E-state index contributed by atoms with van der Waals surface area (Å²) >= 11 is 0. The number of carbonyl (C=O) groups is 1. The van der Waals surface area contributed by atoms with Gasteiger partial charge in [0.05, 0.1) is 19.6 Å². The fourth-order valence-corrected chi connectivity index (χ4v) is 2.37. The molecule has 1 saturated heterocycles. The highest BCUT2D eigenvalue weighted by Gasteiger charge is 2.18. The second kappa shape index (κ2) is 9.73. The summed E-state index contributed by atoms with van der Waals surface area (Å²) in [6, 6.07) is 10.0. The van der Waals surface area contributed by atoms with Crippen molar-refractivity contribution in [3.63, 3.8) is 0 Å². The van der Waals surface area contributed by atoms with Crippen molar-refractivity contribution in [3.05, 3.63) is 35.9 Å². The number of benzene rings is 1. The molecule has 2 rings (SSSR count). The standard InChI is InChI=1S/C15H22N2O3.ClH/c18-15(19)10-14(12-17-6-8-20-9-7-17)16-11-13-4-2-1-3-5-13;/h1-5,14,16H,6-12H2,(H,18,19);1H. The first-order chi connectivity index (χ1) is 9.74. The number of halogens is 1. The van der Waals surface area contributed by atoms with Crippen LogP contribution in [-0.4, -0.2) is 54.9 Å². The topological polar surface area (TPSA) is 61.8 Å². The van der Waals surface area contributed by atoms with Crippen molar-refractivity contribution in [3.8, 4) is 0 Å². The van der Waals surface area contributed by atoms with Gasteiger partial charge in [-0.25, -0.2) is 0 Å². The monoisotopic (exact) mass is 314 g/mol. The van der Waals surface area contributed by atoms with E-state index in [4.69, 9.17) is 9.84 Å². The minimum atomic E-state index is -0.760. The van der Waals surface area contributed by atoms with Crippen molar-refractivity contribution in [2.45, 2.75) is 19.0 Å². The van der Waals surface area contributed by atoms with Gasteiger partial charge in [-0.3, -0.25) is 9.69 Å².